The molecular weight excluding hydrogens is 433 g/mol. The van der Waals surface area contributed by atoms with E-state index in [0.29, 0.717) is 17.5 Å². The predicted octanol–water partition coefficient (Wildman–Crippen LogP) is 4.70. The number of fused-ring (bicyclic) bond motifs is 1. The largest absolute Gasteiger partial charge is 0.486 e. The number of hydrogen-bond acceptors (Lipinski definition) is 6. The minimum absolute atomic E-state index is 0.110. The Labute approximate surface area is 187 Å². The highest BCUT2D eigenvalue weighted by atomic mass is 19.2. The molecule has 0 saturated heterocycles. The molecule has 7 nitrogen and oxygen atoms in total. The molecule has 0 bridgehead atoms. The van der Waals surface area contributed by atoms with Gasteiger partial charge in [0.2, 0.25) is 5.95 Å². The summed E-state index contributed by atoms with van der Waals surface area (Å²) in [6.07, 6.45) is 5.21. The first-order chi connectivity index (χ1) is 15.9. The number of hydrogen-bond donors (Lipinski definition) is 1. The van der Waals surface area contributed by atoms with Gasteiger partial charge in [-0.25, -0.2) is 23.1 Å². The molecule has 1 N–H and O–H groups in total. The molecule has 1 atom stereocenters. The quantitative estimate of drug-likeness (QED) is 0.453. The lowest BCUT2D eigenvalue weighted by atomic mass is 10.0. The zero-order valence-corrected chi connectivity index (χ0v) is 17.8. The Kier molecular flexibility index (Phi) is 5.12. The molecule has 0 spiro atoms. The van der Waals surface area contributed by atoms with E-state index < -0.39 is 23.5 Å². The number of anilines is 3. The fourth-order valence-corrected chi connectivity index (χ4v) is 3.70. The first-order valence-electron chi connectivity index (χ1n) is 10.1. The van der Waals surface area contributed by atoms with Crippen LogP contribution < -0.4 is 15.0 Å². The first kappa shape index (κ1) is 20.8. The van der Waals surface area contributed by atoms with Crippen LogP contribution in [-0.2, 0) is 0 Å². The number of benzene rings is 2. The van der Waals surface area contributed by atoms with E-state index >= 15 is 0 Å². The summed E-state index contributed by atoms with van der Waals surface area (Å²) in [5, 5.41) is 3.14. The molecule has 2 aromatic heterocycles. The van der Waals surface area contributed by atoms with E-state index in [9.17, 15) is 13.2 Å². The lowest BCUT2D eigenvalue weighted by molar-refractivity contribution is 0.264. The lowest BCUT2D eigenvalue weighted by Gasteiger charge is -2.35. The number of halogens is 3. The van der Waals surface area contributed by atoms with Gasteiger partial charge in [0.1, 0.15) is 6.61 Å². The number of aromatic nitrogens is 4. The van der Waals surface area contributed by atoms with Crippen LogP contribution in [-0.4, -0.2) is 33.2 Å². The van der Waals surface area contributed by atoms with Crippen LogP contribution in [0.2, 0.25) is 0 Å². The summed E-state index contributed by atoms with van der Waals surface area (Å²) in [6.45, 7) is 2.04. The van der Waals surface area contributed by atoms with Crippen LogP contribution >= 0.6 is 0 Å². The molecule has 4 aromatic rings. The Morgan fingerprint density at radius 3 is 2.45 bits per heavy atom. The van der Waals surface area contributed by atoms with Gasteiger partial charge in [-0.3, -0.25) is 0 Å². The van der Waals surface area contributed by atoms with E-state index in [4.69, 9.17) is 4.74 Å². The Bertz CT molecular complexity index is 1300. The molecule has 1 aliphatic heterocycles. The summed E-state index contributed by atoms with van der Waals surface area (Å²) >= 11 is 0. The van der Waals surface area contributed by atoms with Crippen LogP contribution in [0.4, 0.5) is 30.6 Å². The van der Waals surface area contributed by atoms with Gasteiger partial charge in [0.05, 0.1) is 24.3 Å². The average molecular weight is 452 g/mol. The minimum Gasteiger partial charge on any atom is -0.486 e. The Hall–Kier alpha value is -4.08. The van der Waals surface area contributed by atoms with E-state index in [0.717, 1.165) is 29.2 Å². The SMILES string of the molecule is Cc1cn(-c2ccc(Nc3ncc4c(n3)N(C)C(c3cc(F)c(F)c(F)c3)CO4)cc2)cn1. The number of rotatable bonds is 4. The first-order valence-corrected chi connectivity index (χ1v) is 10.1. The van der Waals surface area contributed by atoms with E-state index in [-0.39, 0.29) is 12.2 Å². The molecule has 168 valence electrons. The standard InChI is InChI=1S/C23H19F3N6O/c1-13-10-32(12-28-13)16-5-3-15(4-6-16)29-23-27-9-20-22(30-23)31(2)19(11-33-20)14-7-17(24)21(26)18(25)8-14/h3-10,12,19H,11H2,1-2H3,(H,27,29,30). The third-order valence-corrected chi connectivity index (χ3v) is 5.46. The molecular formula is C23H19F3N6O. The average Bonchev–Trinajstić information content (AvgIpc) is 3.24. The molecule has 0 amide bonds. The number of imidazole rings is 1. The number of likely N-dealkylation sites (N-methyl/N-ethyl adjacent to an activating group) is 1. The van der Waals surface area contributed by atoms with Crippen molar-refractivity contribution < 1.29 is 17.9 Å². The van der Waals surface area contributed by atoms with Crippen LogP contribution in [0.5, 0.6) is 5.75 Å². The molecule has 10 heteroatoms. The van der Waals surface area contributed by atoms with Gasteiger partial charge >= 0.3 is 0 Å². The van der Waals surface area contributed by atoms with Crippen molar-refractivity contribution in [3.8, 4) is 11.4 Å². The van der Waals surface area contributed by atoms with E-state index in [1.165, 1.54) is 6.20 Å². The van der Waals surface area contributed by atoms with E-state index in [2.05, 4.69) is 20.3 Å². The van der Waals surface area contributed by atoms with Crippen molar-refractivity contribution in [3.63, 3.8) is 0 Å². The Balaban J connectivity index is 1.37. The van der Waals surface area contributed by atoms with Crippen LogP contribution in [0.15, 0.2) is 55.1 Å². The summed E-state index contributed by atoms with van der Waals surface area (Å²) < 4.78 is 48.5. The fraction of sp³-hybridized carbons (Fsp3) is 0.174. The summed E-state index contributed by atoms with van der Waals surface area (Å²) in [5.74, 6) is -2.78. The van der Waals surface area contributed by atoms with Gasteiger partial charge in [0.15, 0.2) is 29.0 Å². The van der Waals surface area contributed by atoms with Crippen molar-refractivity contribution in [1.82, 2.24) is 19.5 Å². The molecule has 2 aromatic carbocycles. The fourth-order valence-electron chi connectivity index (χ4n) is 3.70. The molecule has 0 aliphatic carbocycles. The van der Waals surface area contributed by atoms with E-state index in [1.807, 2.05) is 42.0 Å². The molecule has 5 rings (SSSR count). The van der Waals surface area contributed by atoms with Crippen molar-refractivity contribution in [3.05, 3.63) is 83.8 Å². The molecule has 0 saturated carbocycles. The van der Waals surface area contributed by atoms with Gasteiger partial charge in [-0.05, 0) is 48.9 Å². The molecule has 1 aliphatic rings. The molecule has 0 fully saturated rings. The van der Waals surface area contributed by atoms with Gasteiger partial charge in [0.25, 0.3) is 0 Å². The zero-order valence-electron chi connectivity index (χ0n) is 17.8. The number of nitrogens with zero attached hydrogens (tertiary/aromatic N) is 5. The maximum absolute atomic E-state index is 13.7. The number of ether oxygens (including phenoxy) is 1. The maximum Gasteiger partial charge on any atom is 0.229 e. The predicted molar refractivity (Wildman–Crippen MR) is 117 cm³/mol. The van der Waals surface area contributed by atoms with Gasteiger partial charge in [-0.15, -0.1) is 0 Å². The Morgan fingerprint density at radius 1 is 1.06 bits per heavy atom. The number of aryl methyl sites for hydroxylation is 1. The second kappa shape index (κ2) is 8.12. The zero-order chi connectivity index (χ0) is 23.1. The summed E-state index contributed by atoms with van der Waals surface area (Å²) in [6, 6.07) is 9.04. The second-order valence-corrected chi connectivity index (χ2v) is 7.71. The van der Waals surface area contributed by atoms with Gasteiger partial charge in [-0.1, -0.05) is 0 Å². The summed E-state index contributed by atoms with van der Waals surface area (Å²) in [4.78, 5) is 14.7. The summed E-state index contributed by atoms with van der Waals surface area (Å²) in [5.41, 5.74) is 2.91. The van der Waals surface area contributed by atoms with Gasteiger partial charge < -0.3 is 19.5 Å². The van der Waals surface area contributed by atoms with E-state index in [1.54, 1.807) is 18.3 Å². The van der Waals surface area contributed by atoms with Crippen LogP contribution in [0.3, 0.4) is 0 Å². The van der Waals surface area contributed by atoms with Crippen LogP contribution in [0.25, 0.3) is 5.69 Å². The van der Waals surface area contributed by atoms with Crippen molar-refractivity contribution in [2.75, 3.05) is 23.9 Å². The minimum atomic E-state index is -1.50. The Morgan fingerprint density at radius 2 is 1.79 bits per heavy atom. The lowest BCUT2D eigenvalue weighted by Crippen LogP contribution is -2.34. The molecule has 33 heavy (non-hydrogen) atoms. The van der Waals surface area contributed by atoms with Crippen LogP contribution in [0.1, 0.15) is 17.3 Å². The van der Waals surface area contributed by atoms with Crippen molar-refractivity contribution >= 4 is 17.5 Å². The highest BCUT2D eigenvalue weighted by Crippen LogP contribution is 2.37. The van der Waals surface area contributed by atoms with Crippen molar-refractivity contribution in [1.29, 1.82) is 0 Å². The highest BCUT2D eigenvalue weighted by molar-refractivity contribution is 5.61. The molecule has 1 unspecified atom stereocenters. The highest BCUT2D eigenvalue weighted by Gasteiger charge is 2.29. The topological polar surface area (TPSA) is 68.1 Å². The monoisotopic (exact) mass is 452 g/mol. The van der Waals surface area contributed by atoms with Crippen molar-refractivity contribution in [2.24, 2.45) is 0 Å². The summed E-state index contributed by atoms with van der Waals surface area (Å²) in [7, 11) is 1.73. The van der Waals surface area contributed by atoms with Gasteiger partial charge in [0, 0.05) is 24.6 Å². The third kappa shape index (κ3) is 3.95. The molecule has 0 radical (unpaired) electrons. The smallest absolute Gasteiger partial charge is 0.229 e. The maximum atomic E-state index is 13.7. The number of nitrogens with one attached hydrogen (secondary N) is 1. The third-order valence-electron chi connectivity index (χ3n) is 5.46. The van der Waals surface area contributed by atoms with Crippen molar-refractivity contribution in [2.45, 2.75) is 13.0 Å². The molecule has 3 heterocycles. The van der Waals surface area contributed by atoms with Crippen LogP contribution in [0, 0.1) is 24.4 Å². The van der Waals surface area contributed by atoms with Gasteiger partial charge in [-0.2, -0.15) is 4.98 Å². The normalized spacial score (nSPS) is 15.2. The second-order valence-electron chi connectivity index (χ2n) is 7.71.